The van der Waals surface area contributed by atoms with Crippen LogP contribution in [0.4, 0.5) is 0 Å². The molecule has 0 aliphatic rings. The van der Waals surface area contributed by atoms with Crippen molar-refractivity contribution in [2.75, 3.05) is 47.4 Å². The van der Waals surface area contributed by atoms with Crippen molar-refractivity contribution in [3.8, 4) is 11.5 Å². The van der Waals surface area contributed by atoms with E-state index in [1.54, 1.807) is 21.3 Å². The van der Waals surface area contributed by atoms with Gasteiger partial charge in [-0.3, -0.25) is 4.99 Å². The normalized spacial score (nSPS) is 12.8. The third kappa shape index (κ3) is 6.82. The minimum Gasteiger partial charge on any atom is -0.497 e. The molecule has 0 amide bonds. The fourth-order valence-corrected chi connectivity index (χ4v) is 2.73. The molecule has 0 spiro atoms. The summed E-state index contributed by atoms with van der Waals surface area (Å²) in [7, 11) is 5.13. The SMILES string of the molecule is CCCN(CC)CCNC(=NC)NC(C)c1cc(OC)ccc1OC. The Bertz CT molecular complexity index is 534. The van der Waals surface area contributed by atoms with Crippen molar-refractivity contribution in [1.82, 2.24) is 15.5 Å². The lowest BCUT2D eigenvalue weighted by Gasteiger charge is -2.23. The van der Waals surface area contributed by atoms with Crippen molar-refractivity contribution in [3.05, 3.63) is 23.8 Å². The molecule has 0 fully saturated rings. The minimum absolute atomic E-state index is 0.0363. The summed E-state index contributed by atoms with van der Waals surface area (Å²) in [4.78, 5) is 6.75. The Morgan fingerprint density at radius 3 is 2.52 bits per heavy atom. The number of hydrogen-bond acceptors (Lipinski definition) is 4. The second-order valence-corrected chi connectivity index (χ2v) is 5.91. The molecular weight excluding hydrogens is 316 g/mol. The lowest BCUT2D eigenvalue weighted by molar-refractivity contribution is 0.292. The van der Waals surface area contributed by atoms with Gasteiger partial charge >= 0.3 is 0 Å². The fourth-order valence-electron chi connectivity index (χ4n) is 2.73. The summed E-state index contributed by atoms with van der Waals surface area (Å²) in [6.45, 7) is 10.5. The van der Waals surface area contributed by atoms with E-state index in [4.69, 9.17) is 9.47 Å². The maximum absolute atomic E-state index is 5.47. The zero-order valence-electron chi connectivity index (χ0n) is 16.6. The average Bonchev–Trinajstić information content (AvgIpc) is 2.65. The van der Waals surface area contributed by atoms with Crippen molar-refractivity contribution < 1.29 is 9.47 Å². The Hall–Kier alpha value is -1.95. The predicted molar refractivity (Wildman–Crippen MR) is 105 cm³/mol. The molecule has 0 aromatic heterocycles. The van der Waals surface area contributed by atoms with Crippen LogP contribution in [0.3, 0.4) is 0 Å². The van der Waals surface area contributed by atoms with Gasteiger partial charge in [0.25, 0.3) is 0 Å². The Morgan fingerprint density at radius 2 is 1.96 bits per heavy atom. The van der Waals surface area contributed by atoms with Crippen LogP contribution >= 0.6 is 0 Å². The monoisotopic (exact) mass is 350 g/mol. The topological polar surface area (TPSA) is 58.1 Å². The van der Waals surface area contributed by atoms with Crippen molar-refractivity contribution in [1.29, 1.82) is 0 Å². The van der Waals surface area contributed by atoms with E-state index in [2.05, 4.69) is 41.3 Å². The number of nitrogens with one attached hydrogen (secondary N) is 2. The molecular formula is C19H34N4O2. The zero-order chi connectivity index (χ0) is 18.7. The second-order valence-electron chi connectivity index (χ2n) is 5.91. The molecule has 1 rings (SSSR count). The number of benzene rings is 1. The Balaban J connectivity index is 2.66. The highest BCUT2D eigenvalue weighted by molar-refractivity contribution is 5.80. The van der Waals surface area contributed by atoms with E-state index in [1.165, 1.54) is 6.42 Å². The highest BCUT2D eigenvalue weighted by atomic mass is 16.5. The summed E-state index contributed by atoms with van der Waals surface area (Å²) in [5, 5.41) is 6.80. The number of likely N-dealkylation sites (N-methyl/N-ethyl adjacent to an activating group) is 1. The maximum atomic E-state index is 5.47. The molecule has 0 bridgehead atoms. The molecule has 25 heavy (non-hydrogen) atoms. The first kappa shape index (κ1) is 21.1. The van der Waals surface area contributed by atoms with Crippen LogP contribution in [-0.2, 0) is 0 Å². The van der Waals surface area contributed by atoms with Crippen molar-refractivity contribution in [3.63, 3.8) is 0 Å². The molecule has 6 heteroatoms. The number of guanidine groups is 1. The number of nitrogens with zero attached hydrogens (tertiary/aromatic N) is 2. The van der Waals surface area contributed by atoms with E-state index in [-0.39, 0.29) is 6.04 Å². The molecule has 1 atom stereocenters. The first-order valence-corrected chi connectivity index (χ1v) is 9.00. The average molecular weight is 351 g/mol. The van der Waals surface area contributed by atoms with Gasteiger partial charge in [-0.05, 0) is 44.6 Å². The van der Waals surface area contributed by atoms with E-state index >= 15 is 0 Å². The summed E-state index contributed by atoms with van der Waals surface area (Å²) >= 11 is 0. The third-order valence-electron chi connectivity index (χ3n) is 4.19. The largest absolute Gasteiger partial charge is 0.497 e. The number of aliphatic imine (C=N–C) groups is 1. The highest BCUT2D eigenvalue weighted by Gasteiger charge is 2.14. The molecule has 1 aromatic carbocycles. The van der Waals surface area contributed by atoms with Gasteiger partial charge in [0.1, 0.15) is 11.5 Å². The van der Waals surface area contributed by atoms with Gasteiger partial charge in [-0.1, -0.05) is 13.8 Å². The first-order chi connectivity index (χ1) is 12.1. The molecule has 0 radical (unpaired) electrons. The standard InChI is InChI=1S/C19H34N4O2/c1-7-12-23(8-2)13-11-21-19(20-4)22-15(3)17-14-16(24-5)9-10-18(17)25-6/h9-10,14-15H,7-8,11-13H2,1-6H3,(H2,20,21,22). The highest BCUT2D eigenvalue weighted by Crippen LogP contribution is 2.29. The second kappa shape index (κ2) is 11.6. The number of methoxy groups -OCH3 is 2. The first-order valence-electron chi connectivity index (χ1n) is 9.00. The molecule has 6 nitrogen and oxygen atoms in total. The summed E-state index contributed by atoms with van der Waals surface area (Å²) in [5.41, 5.74) is 1.03. The van der Waals surface area contributed by atoms with Gasteiger partial charge in [-0.2, -0.15) is 0 Å². The quantitative estimate of drug-likeness (QED) is 0.502. The summed E-state index contributed by atoms with van der Waals surface area (Å²) in [6, 6.07) is 5.85. The maximum Gasteiger partial charge on any atom is 0.191 e. The summed E-state index contributed by atoms with van der Waals surface area (Å²) in [5.74, 6) is 2.42. The van der Waals surface area contributed by atoms with Gasteiger partial charge in [0.15, 0.2) is 5.96 Å². The van der Waals surface area contributed by atoms with Gasteiger partial charge < -0.3 is 25.0 Å². The predicted octanol–water partition coefficient (Wildman–Crippen LogP) is 2.66. The molecule has 0 heterocycles. The van der Waals surface area contributed by atoms with Gasteiger partial charge in [0, 0.05) is 25.7 Å². The Morgan fingerprint density at radius 1 is 1.20 bits per heavy atom. The molecule has 2 N–H and O–H groups in total. The Kier molecular flexibility index (Phi) is 9.77. The lowest BCUT2D eigenvalue weighted by atomic mass is 10.1. The minimum atomic E-state index is 0.0363. The van der Waals surface area contributed by atoms with E-state index in [0.29, 0.717) is 0 Å². The molecule has 0 saturated heterocycles. The van der Waals surface area contributed by atoms with Gasteiger partial charge in [-0.15, -0.1) is 0 Å². The van der Waals surface area contributed by atoms with Crippen LogP contribution in [-0.4, -0.2) is 58.3 Å². The molecule has 142 valence electrons. The number of hydrogen-bond donors (Lipinski definition) is 2. The Labute approximate surface area is 152 Å². The van der Waals surface area contributed by atoms with Gasteiger partial charge in [0.2, 0.25) is 0 Å². The summed E-state index contributed by atoms with van der Waals surface area (Å²) in [6.07, 6.45) is 1.17. The smallest absolute Gasteiger partial charge is 0.191 e. The van der Waals surface area contributed by atoms with Crippen LogP contribution in [0.5, 0.6) is 11.5 Å². The molecule has 0 saturated carbocycles. The molecule has 0 aliphatic heterocycles. The summed E-state index contributed by atoms with van der Waals surface area (Å²) < 4.78 is 10.8. The van der Waals surface area contributed by atoms with E-state index in [1.807, 2.05) is 18.2 Å². The van der Waals surface area contributed by atoms with Gasteiger partial charge in [0.05, 0.1) is 20.3 Å². The van der Waals surface area contributed by atoms with Crippen molar-refractivity contribution in [2.24, 2.45) is 4.99 Å². The van der Waals surface area contributed by atoms with Crippen LogP contribution in [0, 0.1) is 0 Å². The van der Waals surface area contributed by atoms with Crippen molar-refractivity contribution in [2.45, 2.75) is 33.2 Å². The molecule has 1 aromatic rings. The number of ether oxygens (including phenoxy) is 2. The van der Waals surface area contributed by atoms with Crippen LogP contribution in [0.25, 0.3) is 0 Å². The molecule has 0 aliphatic carbocycles. The van der Waals surface area contributed by atoms with E-state index < -0.39 is 0 Å². The number of rotatable bonds is 10. The third-order valence-corrected chi connectivity index (χ3v) is 4.19. The van der Waals surface area contributed by atoms with Crippen LogP contribution in [0.2, 0.25) is 0 Å². The van der Waals surface area contributed by atoms with Crippen LogP contribution in [0.1, 0.15) is 38.8 Å². The van der Waals surface area contributed by atoms with E-state index in [9.17, 15) is 0 Å². The van der Waals surface area contributed by atoms with Crippen LogP contribution in [0.15, 0.2) is 23.2 Å². The van der Waals surface area contributed by atoms with Crippen molar-refractivity contribution >= 4 is 5.96 Å². The molecule has 1 unspecified atom stereocenters. The van der Waals surface area contributed by atoms with Crippen LogP contribution < -0.4 is 20.1 Å². The lowest BCUT2D eigenvalue weighted by Crippen LogP contribution is -2.42. The zero-order valence-corrected chi connectivity index (χ0v) is 16.6. The fraction of sp³-hybridized carbons (Fsp3) is 0.632. The van der Waals surface area contributed by atoms with E-state index in [0.717, 1.165) is 49.2 Å². The van der Waals surface area contributed by atoms with Gasteiger partial charge in [-0.25, -0.2) is 0 Å².